The Kier molecular flexibility index (Phi) is 8.16. The van der Waals surface area contributed by atoms with Crippen LogP contribution in [0, 0.1) is 12.8 Å². The van der Waals surface area contributed by atoms with Crippen molar-refractivity contribution in [1.29, 1.82) is 0 Å². The first-order valence-corrected chi connectivity index (χ1v) is 13.7. The van der Waals surface area contributed by atoms with Gasteiger partial charge in [0.2, 0.25) is 23.6 Å². The first-order valence-electron chi connectivity index (χ1n) is 13.7. The van der Waals surface area contributed by atoms with E-state index >= 15 is 0 Å². The van der Waals surface area contributed by atoms with Gasteiger partial charge in [-0.15, -0.1) is 0 Å². The number of halogens is 3. The van der Waals surface area contributed by atoms with E-state index in [0.717, 1.165) is 12.1 Å². The molecule has 9 nitrogen and oxygen atoms in total. The molecule has 0 saturated carbocycles. The van der Waals surface area contributed by atoms with Crippen LogP contribution in [0.25, 0.3) is 11.5 Å². The van der Waals surface area contributed by atoms with E-state index in [2.05, 4.69) is 4.98 Å². The highest BCUT2D eigenvalue weighted by molar-refractivity contribution is 5.89. The standard InChI is InChI=1S/C28H33F3N4O5/c1-18-22(32-25(40-18)20-4-2-5-21(16-20)28(29,30)31)17-24(36)35-9-3-6-23(35)27(38)33-10-7-19(8-11-33)26(37)34-12-14-39-15-13-34/h2,4-5,16,19,23H,3,6-15,17H2,1H3/t23-/m0/s1. The van der Waals surface area contributed by atoms with E-state index in [9.17, 15) is 27.6 Å². The summed E-state index contributed by atoms with van der Waals surface area (Å²) in [5.74, 6) is -0.0140. The minimum atomic E-state index is -4.50. The molecule has 3 saturated heterocycles. The molecule has 4 heterocycles. The SMILES string of the molecule is Cc1oc(-c2cccc(C(F)(F)F)c2)nc1CC(=O)N1CCC[C@H]1C(=O)N1CCC(C(=O)N2CCOCC2)CC1. The molecule has 40 heavy (non-hydrogen) atoms. The first kappa shape index (κ1) is 28.1. The van der Waals surface area contributed by atoms with Crippen LogP contribution in [0.15, 0.2) is 28.7 Å². The maximum Gasteiger partial charge on any atom is 0.416 e. The molecule has 1 atom stereocenters. The van der Waals surface area contributed by atoms with Crippen LogP contribution in [-0.4, -0.2) is 89.4 Å². The number of oxazole rings is 1. The van der Waals surface area contributed by atoms with Gasteiger partial charge >= 0.3 is 6.18 Å². The predicted octanol–water partition coefficient (Wildman–Crippen LogP) is 3.30. The molecule has 0 unspecified atom stereocenters. The third kappa shape index (κ3) is 6.01. The topological polar surface area (TPSA) is 96.2 Å². The monoisotopic (exact) mass is 562 g/mol. The number of benzene rings is 1. The van der Waals surface area contributed by atoms with Crippen LogP contribution in [-0.2, 0) is 31.7 Å². The Morgan fingerprint density at radius 3 is 2.38 bits per heavy atom. The van der Waals surface area contributed by atoms with E-state index in [1.165, 1.54) is 12.1 Å². The van der Waals surface area contributed by atoms with E-state index in [1.54, 1.807) is 16.7 Å². The van der Waals surface area contributed by atoms with E-state index in [-0.39, 0.29) is 41.5 Å². The van der Waals surface area contributed by atoms with Crippen molar-refractivity contribution >= 4 is 17.7 Å². The van der Waals surface area contributed by atoms with Crippen LogP contribution < -0.4 is 0 Å². The largest absolute Gasteiger partial charge is 0.441 e. The van der Waals surface area contributed by atoms with Crippen LogP contribution in [0.5, 0.6) is 0 Å². The smallest absolute Gasteiger partial charge is 0.416 e. The lowest BCUT2D eigenvalue weighted by molar-refractivity contribution is -0.147. The number of hydrogen-bond donors (Lipinski definition) is 0. The zero-order chi connectivity index (χ0) is 28.4. The average molecular weight is 563 g/mol. The van der Waals surface area contributed by atoms with Gasteiger partial charge in [0.15, 0.2) is 0 Å². The fourth-order valence-corrected chi connectivity index (χ4v) is 5.71. The van der Waals surface area contributed by atoms with Crippen molar-refractivity contribution in [2.24, 2.45) is 5.92 Å². The molecule has 0 N–H and O–H groups in total. The summed E-state index contributed by atoms with van der Waals surface area (Å²) in [6.07, 6.45) is -2.17. The number of carbonyl (C=O) groups excluding carboxylic acids is 3. The van der Waals surface area contributed by atoms with Crippen molar-refractivity contribution in [1.82, 2.24) is 19.7 Å². The Labute approximate surface area is 230 Å². The highest BCUT2D eigenvalue weighted by Crippen LogP contribution is 2.33. The van der Waals surface area contributed by atoms with Gasteiger partial charge in [-0.2, -0.15) is 13.2 Å². The molecule has 5 rings (SSSR count). The molecule has 216 valence electrons. The van der Waals surface area contributed by atoms with Crippen molar-refractivity contribution in [2.75, 3.05) is 45.9 Å². The number of rotatable bonds is 5. The summed E-state index contributed by atoms with van der Waals surface area (Å²) in [6, 6.07) is 4.11. The summed E-state index contributed by atoms with van der Waals surface area (Å²) in [4.78, 5) is 49.0. The van der Waals surface area contributed by atoms with Gasteiger partial charge in [0.05, 0.1) is 30.9 Å². The number of aryl methyl sites for hydroxylation is 1. The second kappa shape index (κ2) is 11.6. The zero-order valence-electron chi connectivity index (χ0n) is 22.4. The molecule has 0 aliphatic carbocycles. The predicted molar refractivity (Wildman–Crippen MR) is 137 cm³/mol. The van der Waals surface area contributed by atoms with Gasteiger partial charge in [0.1, 0.15) is 11.8 Å². The van der Waals surface area contributed by atoms with Gasteiger partial charge in [0.25, 0.3) is 0 Å². The summed E-state index contributed by atoms with van der Waals surface area (Å²) in [5, 5.41) is 0. The Bertz CT molecular complexity index is 1250. The lowest BCUT2D eigenvalue weighted by atomic mass is 9.94. The Morgan fingerprint density at radius 1 is 0.975 bits per heavy atom. The second-order valence-electron chi connectivity index (χ2n) is 10.6. The highest BCUT2D eigenvalue weighted by atomic mass is 19.4. The zero-order valence-corrected chi connectivity index (χ0v) is 22.4. The van der Waals surface area contributed by atoms with Crippen LogP contribution in [0.3, 0.4) is 0 Å². The summed E-state index contributed by atoms with van der Waals surface area (Å²) >= 11 is 0. The lowest BCUT2D eigenvalue weighted by Gasteiger charge is -2.37. The number of hydrogen-bond acceptors (Lipinski definition) is 6. The van der Waals surface area contributed by atoms with Crippen LogP contribution >= 0.6 is 0 Å². The van der Waals surface area contributed by atoms with Crippen LogP contribution in [0.4, 0.5) is 13.2 Å². The molecule has 0 radical (unpaired) electrons. The van der Waals surface area contributed by atoms with Crippen molar-refractivity contribution in [3.8, 4) is 11.5 Å². The molecular formula is C28H33F3N4O5. The summed E-state index contributed by atoms with van der Waals surface area (Å²) in [5.41, 5.74) is -0.314. The number of piperidine rings is 1. The molecule has 0 spiro atoms. The lowest BCUT2D eigenvalue weighted by Crippen LogP contribution is -2.52. The van der Waals surface area contributed by atoms with Gasteiger partial charge in [-0.25, -0.2) is 4.98 Å². The number of morpholine rings is 1. The number of likely N-dealkylation sites (tertiary alicyclic amines) is 2. The first-order chi connectivity index (χ1) is 19.1. The van der Waals surface area contributed by atoms with Gasteiger partial charge in [0, 0.05) is 44.2 Å². The maximum atomic E-state index is 13.4. The van der Waals surface area contributed by atoms with E-state index in [0.29, 0.717) is 83.1 Å². The van der Waals surface area contributed by atoms with Crippen molar-refractivity contribution < 1.29 is 36.7 Å². The Balaban J connectivity index is 1.19. The number of ether oxygens (including phenoxy) is 1. The summed E-state index contributed by atoms with van der Waals surface area (Å²) in [7, 11) is 0. The van der Waals surface area contributed by atoms with E-state index in [4.69, 9.17) is 9.15 Å². The fourth-order valence-electron chi connectivity index (χ4n) is 5.71. The number of amides is 3. The Hall–Kier alpha value is -3.41. The molecule has 2 aromatic rings. The maximum absolute atomic E-state index is 13.4. The van der Waals surface area contributed by atoms with Gasteiger partial charge in [-0.05, 0) is 50.8 Å². The number of aromatic nitrogens is 1. The normalized spacial score (nSPS) is 20.7. The van der Waals surface area contributed by atoms with Crippen LogP contribution in [0.2, 0.25) is 0 Å². The molecule has 3 amide bonds. The Morgan fingerprint density at radius 2 is 1.68 bits per heavy atom. The highest BCUT2D eigenvalue weighted by Gasteiger charge is 2.39. The summed E-state index contributed by atoms with van der Waals surface area (Å²) < 4.78 is 50.3. The summed E-state index contributed by atoms with van der Waals surface area (Å²) in [6.45, 7) is 5.30. The van der Waals surface area contributed by atoms with E-state index in [1.807, 2.05) is 4.90 Å². The molecular weight excluding hydrogens is 529 g/mol. The molecule has 0 bridgehead atoms. The third-order valence-electron chi connectivity index (χ3n) is 7.99. The number of nitrogens with zero attached hydrogens (tertiary/aromatic N) is 4. The van der Waals surface area contributed by atoms with Crippen molar-refractivity contribution in [3.05, 3.63) is 41.3 Å². The molecule has 3 fully saturated rings. The second-order valence-corrected chi connectivity index (χ2v) is 10.6. The van der Waals surface area contributed by atoms with Gasteiger partial charge in [-0.1, -0.05) is 6.07 Å². The minimum Gasteiger partial charge on any atom is -0.441 e. The number of carbonyl (C=O) groups is 3. The fraction of sp³-hybridized carbons (Fsp3) is 0.571. The molecule has 12 heteroatoms. The van der Waals surface area contributed by atoms with E-state index < -0.39 is 17.8 Å². The molecule has 1 aromatic heterocycles. The van der Waals surface area contributed by atoms with Crippen molar-refractivity contribution in [3.63, 3.8) is 0 Å². The number of alkyl halides is 3. The molecule has 3 aliphatic heterocycles. The molecule has 1 aromatic carbocycles. The quantitative estimate of drug-likeness (QED) is 0.555. The van der Waals surface area contributed by atoms with Gasteiger partial charge < -0.3 is 23.9 Å². The van der Waals surface area contributed by atoms with Gasteiger partial charge in [-0.3, -0.25) is 14.4 Å². The minimum absolute atomic E-state index is 0.00921. The third-order valence-corrected chi connectivity index (χ3v) is 7.99. The average Bonchev–Trinajstić information content (AvgIpc) is 3.60. The van der Waals surface area contributed by atoms with Crippen molar-refractivity contribution in [2.45, 2.75) is 51.2 Å². The van der Waals surface area contributed by atoms with Crippen LogP contribution in [0.1, 0.15) is 42.7 Å². The molecule has 3 aliphatic rings.